The van der Waals surface area contributed by atoms with Crippen LogP contribution in [0.3, 0.4) is 0 Å². The van der Waals surface area contributed by atoms with Crippen LogP contribution in [0, 0.1) is 19.8 Å². The summed E-state index contributed by atoms with van der Waals surface area (Å²) in [5.41, 5.74) is 1.13. The quantitative estimate of drug-likeness (QED) is 0.647. The molecule has 0 aromatic carbocycles. The highest BCUT2D eigenvalue weighted by molar-refractivity contribution is 7.11. The van der Waals surface area contributed by atoms with Gasteiger partial charge in [-0.05, 0) is 26.2 Å². The fourth-order valence-corrected chi connectivity index (χ4v) is 3.87. The number of hydrogen-bond acceptors (Lipinski definition) is 3. The van der Waals surface area contributed by atoms with Gasteiger partial charge in [-0.1, -0.05) is 32.1 Å². The van der Waals surface area contributed by atoms with Crippen LogP contribution in [0.25, 0.3) is 0 Å². The number of nitrogens with zero attached hydrogens (tertiary/aromatic N) is 2. The number of guanidine groups is 1. The average molecular weight is 308 g/mol. The Hall–Kier alpha value is -1.10. The second kappa shape index (κ2) is 8.37. The largest absolute Gasteiger partial charge is 0.356 e. The van der Waals surface area contributed by atoms with Gasteiger partial charge < -0.3 is 10.6 Å². The van der Waals surface area contributed by atoms with Crippen molar-refractivity contribution in [2.75, 3.05) is 13.6 Å². The summed E-state index contributed by atoms with van der Waals surface area (Å²) < 4.78 is 0. The molecule has 1 aromatic heterocycles. The van der Waals surface area contributed by atoms with Crippen molar-refractivity contribution >= 4 is 17.3 Å². The van der Waals surface area contributed by atoms with E-state index < -0.39 is 0 Å². The first kappa shape index (κ1) is 16.3. The van der Waals surface area contributed by atoms with Gasteiger partial charge >= 0.3 is 0 Å². The number of aliphatic imine (C=N–C) groups is 1. The SMILES string of the molecule is CN=C(NCCC1CCCCC1)NCc1sc(C)nc1C. The van der Waals surface area contributed by atoms with Crippen LogP contribution in [0.2, 0.25) is 0 Å². The van der Waals surface area contributed by atoms with Gasteiger partial charge in [-0.25, -0.2) is 4.98 Å². The van der Waals surface area contributed by atoms with Crippen molar-refractivity contribution in [3.8, 4) is 0 Å². The lowest BCUT2D eigenvalue weighted by Crippen LogP contribution is -2.37. The van der Waals surface area contributed by atoms with E-state index in [4.69, 9.17) is 0 Å². The number of nitrogens with one attached hydrogen (secondary N) is 2. The minimum atomic E-state index is 0.806. The van der Waals surface area contributed by atoms with Gasteiger partial charge in [-0.15, -0.1) is 11.3 Å². The molecule has 0 radical (unpaired) electrons. The minimum Gasteiger partial charge on any atom is -0.356 e. The van der Waals surface area contributed by atoms with E-state index in [2.05, 4.69) is 34.5 Å². The molecular formula is C16H28N4S. The van der Waals surface area contributed by atoms with Gasteiger partial charge in [0.15, 0.2) is 5.96 Å². The van der Waals surface area contributed by atoms with E-state index in [9.17, 15) is 0 Å². The molecule has 21 heavy (non-hydrogen) atoms. The highest BCUT2D eigenvalue weighted by Crippen LogP contribution is 2.25. The van der Waals surface area contributed by atoms with Gasteiger partial charge in [0.1, 0.15) is 0 Å². The lowest BCUT2D eigenvalue weighted by atomic mass is 9.87. The lowest BCUT2D eigenvalue weighted by molar-refractivity contribution is 0.339. The Labute approximate surface area is 132 Å². The average Bonchev–Trinajstić information content (AvgIpc) is 2.81. The molecule has 0 atom stereocenters. The molecule has 0 spiro atoms. The fraction of sp³-hybridized carbons (Fsp3) is 0.750. The van der Waals surface area contributed by atoms with Gasteiger partial charge in [0.05, 0.1) is 17.2 Å². The summed E-state index contributed by atoms with van der Waals surface area (Å²) in [6, 6.07) is 0. The van der Waals surface area contributed by atoms with Crippen LogP contribution in [0.4, 0.5) is 0 Å². The molecule has 0 amide bonds. The zero-order chi connectivity index (χ0) is 15.1. The molecule has 0 saturated heterocycles. The van der Waals surface area contributed by atoms with Crippen LogP contribution in [-0.2, 0) is 6.54 Å². The zero-order valence-corrected chi connectivity index (χ0v) is 14.4. The highest BCUT2D eigenvalue weighted by Gasteiger charge is 2.13. The van der Waals surface area contributed by atoms with Crippen molar-refractivity contribution in [2.45, 2.75) is 58.9 Å². The Morgan fingerprint density at radius 3 is 2.62 bits per heavy atom. The number of aromatic nitrogens is 1. The summed E-state index contributed by atoms with van der Waals surface area (Å²) in [5.74, 6) is 1.81. The maximum Gasteiger partial charge on any atom is 0.191 e. The number of aryl methyl sites for hydroxylation is 2. The van der Waals surface area contributed by atoms with Gasteiger partial charge in [0.25, 0.3) is 0 Å². The Balaban J connectivity index is 1.69. The summed E-state index contributed by atoms with van der Waals surface area (Å²) in [4.78, 5) is 10.1. The van der Waals surface area contributed by atoms with Gasteiger partial charge in [0.2, 0.25) is 0 Å². The molecule has 1 aromatic rings. The number of hydrogen-bond donors (Lipinski definition) is 2. The van der Waals surface area contributed by atoms with Gasteiger partial charge in [-0.3, -0.25) is 4.99 Å². The Morgan fingerprint density at radius 1 is 1.24 bits per heavy atom. The van der Waals surface area contributed by atoms with Crippen molar-refractivity contribution in [1.82, 2.24) is 15.6 Å². The van der Waals surface area contributed by atoms with Crippen molar-refractivity contribution in [2.24, 2.45) is 10.9 Å². The van der Waals surface area contributed by atoms with Gasteiger partial charge in [0, 0.05) is 18.5 Å². The summed E-state index contributed by atoms with van der Waals surface area (Å²) in [6.45, 7) is 5.95. The second-order valence-electron chi connectivity index (χ2n) is 5.89. The highest BCUT2D eigenvalue weighted by atomic mass is 32.1. The molecule has 5 heteroatoms. The Kier molecular flexibility index (Phi) is 6.49. The second-order valence-corrected chi connectivity index (χ2v) is 7.17. The molecule has 0 aliphatic heterocycles. The maximum absolute atomic E-state index is 4.46. The fourth-order valence-electron chi connectivity index (χ4n) is 2.99. The predicted octanol–water partition coefficient (Wildman–Crippen LogP) is 3.40. The standard InChI is InChI=1S/C16H28N4S/c1-12-15(21-13(2)20-12)11-19-16(17-3)18-10-9-14-7-5-4-6-8-14/h14H,4-11H2,1-3H3,(H2,17,18,19). The van der Waals surface area contributed by atoms with Crippen LogP contribution in [0.15, 0.2) is 4.99 Å². The van der Waals surface area contributed by atoms with E-state index >= 15 is 0 Å². The summed E-state index contributed by atoms with van der Waals surface area (Å²) in [5, 5.41) is 7.95. The molecule has 1 aliphatic carbocycles. The van der Waals surface area contributed by atoms with Crippen molar-refractivity contribution in [1.29, 1.82) is 0 Å². The van der Waals surface area contributed by atoms with E-state index in [1.54, 1.807) is 11.3 Å². The molecule has 4 nitrogen and oxygen atoms in total. The van der Waals surface area contributed by atoms with E-state index in [0.717, 1.165) is 35.7 Å². The minimum absolute atomic E-state index is 0.806. The zero-order valence-electron chi connectivity index (χ0n) is 13.5. The van der Waals surface area contributed by atoms with Crippen molar-refractivity contribution in [3.05, 3.63) is 15.6 Å². The molecule has 0 bridgehead atoms. The monoisotopic (exact) mass is 308 g/mol. The molecule has 1 fully saturated rings. The molecular weight excluding hydrogens is 280 g/mol. The third-order valence-electron chi connectivity index (χ3n) is 4.21. The molecule has 2 N–H and O–H groups in total. The van der Waals surface area contributed by atoms with Crippen LogP contribution in [0.5, 0.6) is 0 Å². The molecule has 0 unspecified atom stereocenters. The first-order valence-electron chi connectivity index (χ1n) is 8.06. The lowest BCUT2D eigenvalue weighted by Gasteiger charge is -2.22. The number of thiazole rings is 1. The maximum atomic E-state index is 4.46. The molecule has 118 valence electrons. The summed E-state index contributed by atoms with van der Waals surface area (Å²) >= 11 is 1.76. The summed E-state index contributed by atoms with van der Waals surface area (Å²) in [6.07, 6.45) is 8.35. The van der Waals surface area contributed by atoms with E-state index in [1.165, 1.54) is 43.4 Å². The smallest absolute Gasteiger partial charge is 0.191 e. The molecule has 1 heterocycles. The Bertz CT molecular complexity index is 461. The predicted molar refractivity (Wildman–Crippen MR) is 91.0 cm³/mol. The van der Waals surface area contributed by atoms with Gasteiger partial charge in [-0.2, -0.15) is 0 Å². The molecule has 1 aliphatic rings. The molecule has 2 rings (SSSR count). The normalized spacial score (nSPS) is 17.0. The topological polar surface area (TPSA) is 49.3 Å². The summed E-state index contributed by atoms with van der Waals surface area (Å²) in [7, 11) is 1.83. The first-order chi connectivity index (χ1) is 10.2. The Morgan fingerprint density at radius 2 is 2.00 bits per heavy atom. The van der Waals surface area contributed by atoms with Crippen LogP contribution in [0.1, 0.15) is 54.1 Å². The van der Waals surface area contributed by atoms with E-state index in [1.807, 2.05) is 7.05 Å². The molecule has 1 saturated carbocycles. The van der Waals surface area contributed by atoms with Crippen molar-refractivity contribution in [3.63, 3.8) is 0 Å². The van der Waals surface area contributed by atoms with E-state index in [0.29, 0.717) is 0 Å². The third-order valence-corrected chi connectivity index (χ3v) is 5.28. The van der Waals surface area contributed by atoms with E-state index in [-0.39, 0.29) is 0 Å². The van der Waals surface area contributed by atoms with Crippen LogP contribution >= 0.6 is 11.3 Å². The van der Waals surface area contributed by atoms with Crippen LogP contribution < -0.4 is 10.6 Å². The van der Waals surface area contributed by atoms with Crippen LogP contribution in [-0.4, -0.2) is 24.5 Å². The van der Waals surface area contributed by atoms with Crippen molar-refractivity contribution < 1.29 is 0 Å². The third kappa shape index (κ3) is 5.30. The first-order valence-corrected chi connectivity index (χ1v) is 8.88. The number of rotatable bonds is 5.